The normalized spacial score (nSPS) is 26.0. The highest BCUT2D eigenvalue weighted by Gasteiger charge is 2.42. The van der Waals surface area contributed by atoms with E-state index in [1.807, 2.05) is 62.4 Å². The molecular formula is C33H42O8. The Bertz CT molecular complexity index is 1280. The monoisotopic (exact) mass is 566 g/mol. The average molecular weight is 567 g/mol. The van der Waals surface area contributed by atoms with Crippen LogP contribution < -0.4 is 4.74 Å². The second kappa shape index (κ2) is 13.6. The van der Waals surface area contributed by atoms with E-state index >= 15 is 0 Å². The second-order valence-corrected chi connectivity index (χ2v) is 11.5. The molecule has 222 valence electrons. The number of aliphatic carboxylic acids is 1. The van der Waals surface area contributed by atoms with Crippen molar-refractivity contribution >= 4 is 22.7 Å². The van der Waals surface area contributed by atoms with Crippen molar-refractivity contribution in [2.24, 2.45) is 17.8 Å². The van der Waals surface area contributed by atoms with Crippen molar-refractivity contribution in [2.75, 3.05) is 0 Å². The van der Waals surface area contributed by atoms with Crippen LogP contribution in [0.4, 0.5) is 0 Å². The Labute approximate surface area is 241 Å². The van der Waals surface area contributed by atoms with Crippen LogP contribution in [0.25, 0.3) is 10.8 Å². The summed E-state index contributed by atoms with van der Waals surface area (Å²) in [5.74, 6) is -0.958. The predicted octanol–water partition coefficient (Wildman–Crippen LogP) is 4.71. The van der Waals surface area contributed by atoms with Crippen molar-refractivity contribution in [3.05, 3.63) is 65.8 Å². The summed E-state index contributed by atoms with van der Waals surface area (Å²) in [6, 6.07) is 11.9. The first-order chi connectivity index (χ1) is 19.6. The van der Waals surface area contributed by atoms with Gasteiger partial charge in [-0.15, -0.1) is 0 Å². The molecule has 0 saturated carbocycles. The first-order valence-corrected chi connectivity index (χ1v) is 14.6. The van der Waals surface area contributed by atoms with E-state index in [-0.39, 0.29) is 30.6 Å². The summed E-state index contributed by atoms with van der Waals surface area (Å²) in [5, 5.41) is 41.9. The molecule has 0 spiro atoms. The molecule has 8 atom stereocenters. The number of carbonyl (C=O) groups is 2. The second-order valence-electron chi connectivity index (χ2n) is 11.5. The van der Waals surface area contributed by atoms with Gasteiger partial charge in [-0.1, -0.05) is 68.5 Å². The minimum atomic E-state index is -1.11. The van der Waals surface area contributed by atoms with Crippen LogP contribution in [-0.2, 0) is 14.3 Å². The Kier molecular flexibility index (Phi) is 10.2. The Balaban J connectivity index is 1.49. The third-order valence-corrected chi connectivity index (χ3v) is 8.40. The number of rotatable bonds is 12. The lowest BCUT2D eigenvalue weighted by molar-refractivity contribution is -0.163. The Morgan fingerprint density at radius 1 is 1.10 bits per heavy atom. The minimum Gasteiger partial charge on any atom is -0.481 e. The van der Waals surface area contributed by atoms with Gasteiger partial charge in [0, 0.05) is 17.7 Å². The van der Waals surface area contributed by atoms with E-state index < -0.39 is 48.9 Å². The fourth-order valence-corrected chi connectivity index (χ4v) is 6.26. The first-order valence-electron chi connectivity index (χ1n) is 14.6. The molecule has 4 N–H and O–H groups in total. The van der Waals surface area contributed by atoms with Crippen molar-refractivity contribution in [1.29, 1.82) is 0 Å². The van der Waals surface area contributed by atoms with Crippen LogP contribution in [0.15, 0.2) is 60.2 Å². The molecule has 0 saturated heterocycles. The number of hydrogen-bond donors (Lipinski definition) is 4. The maximum atomic E-state index is 13.6. The maximum absolute atomic E-state index is 13.6. The van der Waals surface area contributed by atoms with Gasteiger partial charge in [0.05, 0.1) is 24.7 Å². The van der Waals surface area contributed by atoms with Crippen molar-refractivity contribution in [3.8, 4) is 5.75 Å². The van der Waals surface area contributed by atoms with E-state index in [9.17, 15) is 24.9 Å². The maximum Gasteiger partial charge on any atom is 0.347 e. The van der Waals surface area contributed by atoms with Gasteiger partial charge in [-0.2, -0.15) is 0 Å². The molecule has 4 rings (SSSR count). The van der Waals surface area contributed by atoms with Gasteiger partial charge in [0.1, 0.15) is 11.9 Å². The van der Waals surface area contributed by atoms with Gasteiger partial charge in [-0.25, -0.2) is 4.79 Å². The SMILES string of the molecule is CCC(Oc1c(C)ccc2ccccc12)C(=O)OC1CC(O)C=C2C=CC(C)C(CCC(O)CC(O)CC(=O)O)C21. The number of carboxylic acids is 1. The van der Waals surface area contributed by atoms with Gasteiger partial charge in [0.15, 0.2) is 6.10 Å². The predicted molar refractivity (Wildman–Crippen MR) is 155 cm³/mol. The molecule has 0 bridgehead atoms. The van der Waals surface area contributed by atoms with Crippen molar-refractivity contribution in [1.82, 2.24) is 0 Å². The molecule has 0 radical (unpaired) electrons. The highest BCUT2D eigenvalue weighted by atomic mass is 16.6. The third kappa shape index (κ3) is 7.56. The molecule has 0 fully saturated rings. The van der Waals surface area contributed by atoms with E-state index in [0.717, 1.165) is 21.9 Å². The number of ether oxygens (including phenoxy) is 2. The summed E-state index contributed by atoms with van der Waals surface area (Å²) in [5.41, 5.74) is 1.83. The lowest BCUT2D eigenvalue weighted by Gasteiger charge is -2.43. The third-order valence-electron chi connectivity index (χ3n) is 8.40. The molecule has 2 aliphatic carbocycles. The van der Waals surface area contributed by atoms with Crippen LogP contribution in [-0.4, -0.2) is 62.9 Å². The molecule has 8 nitrogen and oxygen atoms in total. The lowest BCUT2D eigenvalue weighted by atomic mass is 9.66. The first kappa shape index (κ1) is 30.8. The van der Waals surface area contributed by atoms with Crippen molar-refractivity contribution in [2.45, 2.75) is 89.8 Å². The Hall–Kier alpha value is -3.20. The zero-order valence-electron chi connectivity index (χ0n) is 24.0. The van der Waals surface area contributed by atoms with Crippen LogP contribution in [0.1, 0.15) is 57.9 Å². The number of fused-ring (bicyclic) bond motifs is 2. The summed E-state index contributed by atoms with van der Waals surface area (Å²) < 4.78 is 12.4. The Morgan fingerprint density at radius 2 is 1.85 bits per heavy atom. The van der Waals surface area contributed by atoms with E-state index in [1.54, 1.807) is 0 Å². The molecule has 0 heterocycles. The molecule has 8 heteroatoms. The van der Waals surface area contributed by atoms with Gasteiger partial charge < -0.3 is 29.9 Å². The standard InChI is InChI=1S/C33H42O8/c1-4-28(40-32-20(3)10-11-21-7-5-6-8-27(21)32)33(39)41-29-17-24(35)15-22-12-9-19(2)26(31(22)29)14-13-23(34)16-25(36)18-30(37)38/h5-12,15,19,23-26,28-29,31,34-36H,4,13-14,16-18H2,1-3H3,(H,37,38). The van der Waals surface area contributed by atoms with Crippen LogP contribution in [0.3, 0.4) is 0 Å². The Morgan fingerprint density at radius 3 is 2.59 bits per heavy atom. The molecule has 2 aromatic rings. The zero-order valence-corrected chi connectivity index (χ0v) is 24.0. The minimum absolute atomic E-state index is 0.0170. The zero-order chi connectivity index (χ0) is 29.7. The van der Waals surface area contributed by atoms with Crippen LogP contribution in [0.5, 0.6) is 5.75 Å². The number of aliphatic hydroxyl groups excluding tert-OH is 3. The van der Waals surface area contributed by atoms with E-state index in [0.29, 0.717) is 25.0 Å². The number of carbonyl (C=O) groups excluding carboxylic acids is 1. The topological polar surface area (TPSA) is 134 Å². The van der Waals surface area contributed by atoms with Crippen LogP contribution in [0, 0.1) is 24.7 Å². The summed E-state index contributed by atoms with van der Waals surface area (Å²) in [6.45, 7) is 5.90. The highest BCUT2D eigenvalue weighted by Crippen LogP contribution is 2.44. The molecule has 0 aromatic heterocycles. The summed E-state index contributed by atoms with van der Waals surface area (Å²) >= 11 is 0. The van der Waals surface area contributed by atoms with E-state index in [1.165, 1.54) is 0 Å². The number of hydrogen-bond acceptors (Lipinski definition) is 7. The van der Waals surface area contributed by atoms with Gasteiger partial charge in [0.2, 0.25) is 0 Å². The molecular weight excluding hydrogens is 524 g/mol. The number of carboxylic acid groups (broad SMARTS) is 1. The van der Waals surface area contributed by atoms with E-state index in [2.05, 4.69) is 13.0 Å². The average Bonchev–Trinajstić information content (AvgIpc) is 2.91. The molecule has 8 unspecified atom stereocenters. The molecule has 2 aliphatic rings. The number of benzene rings is 2. The molecule has 0 aliphatic heterocycles. The van der Waals surface area contributed by atoms with Gasteiger partial charge in [-0.05, 0) is 61.0 Å². The lowest BCUT2D eigenvalue weighted by Crippen LogP contribution is -2.44. The summed E-state index contributed by atoms with van der Waals surface area (Å²) in [4.78, 5) is 24.4. The number of esters is 1. The van der Waals surface area contributed by atoms with E-state index in [4.69, 9.17) is 14.6 Å². The summed E-state index contributed by atoms with van der Waals surface area (Å²) in [6.07, 6.45) is 2.94. The summed E-state index contributed by atoms with van der Waals surface area (Å²) in [7, 11) is 0. The number of aliphatic hydroxyl groups is 3. The molecule has 0 amide bonds. The molecule has 41 heavy (non-hydrogen) atoms. The van der Waals surface area contributed by atoms with Crippen LogP contribution >= 0.6 is 0 Å². The smallest absolute Gasteiger partial charge is 0.347 e. The van der Waals surface area contributed by atoms with Gasteiger partial charge in [0.25, 0.3) is 0 Å². The van der Waals surface area contributed by atoms with Crippen molar-refractivity contribution in [3.63, 3.8) is 0 Å². The molecule has 2 aromatic carbocycles. The van der Waals surface area contributed by atoms with Gasteiger partial charge in [-0.3, -0.25) is 4.79 Å². The quantitative estimate of drug-likeness (QED) is 0.272. The fraction of sp³-hybridized carbons (Fsp3) is 0.515. The fourth-order valence-electron chi connectivity index (χ4n) is 6.26. The number of aryl methyl sites for hydroxylation is 1. The van der Waals surface area contributed by atoms with Crippen molar-refractivity contribution < 1.29 is 39.5 Å². The highest BCUT2D eigenvalue weighted by molar-refractivity contribution is 5.90. The van der Waals surface area contributed by atoms with Crippen LogP contribution in [0.2, 0.25) is 0 Å². The number of allylic oxidation sites excluding steroid dienone is 2. The van der Waals surface area contributed by atoms with Gasteiger partial charge >= 0.3 is 11.9 Å². The largest absolute Gasteiger partial charge is 0.481 e.